The normalized spacial score (nSPS) is 14.5. The second kappa shape index (κ2) is 9.08. The van der Waals surface area contributed by atoms with Crippen LogP contribution >= 0.6 is 0 Å². The first-order chi connectivity index (χ1) is 14.6. The highest BCUT2D eigenvalue weighted by molar-refractivity contribution is 5.79. The molecule has 3 aromatic rings. The summed E-state index contributed by atoms with van der Waals surface area (Å²) in [4.78, 5) is 26.3. The van der Waals surface area contributed by atoms with E-state index >= 15 is 0 Å². The maximum Gasteiger partial charge on any atom is 0.225 e. The summed E-state index contributed by atoms with van der Waals surface area (Å²) >= 11 is 0. The van der Waals surface area contributed by atoms with Gasteiger partial charge in [-0.3, -0.25) is 4.79 Å². The number of rotatable bonds is 5. The molecule has 0 spiro atoms. The molecule has 154 valence electrons. The lowest BCUT2D eigenvalue weighted by Crippen LogP contribution is -2.41. The zero-order valence-electron chi connectivity index (χ0n) is 17.7. The number of piperidine rings is 1. The molecule has 1 fully saturated rings. The third-order valence-corrected chi connectivity index (χ3v) is 5.72. The number of benzene rings is 2. The average molecular weight is 401 g/mol. The Balaban J connectivity index is 1.37. The minimum atomic E-state index is 0.0769. The van der Waals surface area contributed by atoms with Crippen LogP contribution in [0.2, 0.25) is 0 Å². The molecule has 1 aliphatic rings. The molecule has 0 N–H and O–H groups in total. The van der Waals surface area contributed by atoms with Gasteiger partial charge in [-0.05, 0) is 37.5 Å². The number of carbonyl (C=O) groups excluding carboxylic acids is 1. The fraction of sp³-hybridized carbons (Fsp3) is 0.320. The minimum Gasteiger partial charge on any atom is -0.356 e. The van der Waals surface area contributed by atoms with E-state index in [4.69, 9.17) is 4.98 Å². The summed E-state index contributed by atoms with van der Waals surface area (Å²) in [6.07, 6.45) is 3.52. The number of hydrogen-bond donors (Lipinski definition) is 0. The Morgan fingerprint density at radius 1 is 1.07 bits per heavy atom. The van der Waals surface area contributed by atoms with Crippen LogP contribution in [0.25, 0.3) is 11.4 Å². The number of nitrogens with zero attached hydrogens (tertiary/aromatic N) is 4. The van der Waals surface area contributed by atoms with Crippen LogP contribution in [0.4, 0.5) is 5.82 Å². The van der Waals surface area contributed by atoms with Crippen molar-refractivity contribution in [1.29, 1.82) is 0 Å². The highest BCUT2D eigenvalue weighted by Crippen LogP contribution is 2.25. The van der Waals surface area contributed by atoms with Gasteiger partial charge in [0.2, 0.25) is 5.91 Å². The highest BCUT2D eigenvalue weighted by Gasteiger charge is 2.28. The van der Waals surface area contributed by atoms with Gasteiger partial charge in [-0.25, -0.2) is 9.97 Å². The lowest BCUT2D eigenvalue weighted by atomic mass is 9.95. The van der Waals surface area contributed by atoms with Crippen LogP contribution < -0.4 is 4.90 Å². The van der Waals surface area contributed by atoms with Gasteiger partial charge in [0.15, 0.2) is 5.82 Å². The van der Waals surface area contributed by atoms with E-state index in [1.165, 1.54) is 5.56 Å². The molecule has 1 aliphatic heterocycles. The largest absolute Gasteiger partial charge is 0.356 e. The smallest absolute Gasteiger partial charge is 0.225 e. The van der Waals surface area contributed by atoms with Crippen LogP contribution in [0, 0.1) is 12.8 Å². The molecule has 1 amide bonds. The Bertz CT molecular complexity index is 997. The van der Waals surface area contributed by atoms with Crippen molar-refractivity contribution < 1.29 is 4.79 Å². The quantitative estimate of drug-likeness (QED) is 0.640. The first-order valence-electron chi connectivity index (χ1n) is 10.5. The number of carbonyl (C=O) groups is 1. The van der Waals surface area contributed by atoms with Crippen LogP contribution in [0.3, 0.4) is 0 Å². The average Bonchev–Trinajstić information content (AvgIpc) is 2.79. The number of aryl methyl sites for hydroxylation is 1. The standard InChI is InChI=1S/C25H28N4O/c1-19-7-6-10-22(17-19)24-26-14-11-23(27-24)29-15-12-21(13-16-29)25(30)28(2)18-20-8-4-3-5-9-20/h3-11,14,17,21H,12-13,15-16,18H2,1-2H3. The van der Waals surface area contributed by atoms with E-state index in [1.54, 1.807) is 0 Å². The maximum atomic E-state index is 12.9. The van der Waals surface area contributed by atoms with Crippen molar-refractivity contribution in [2.45, 2.75) is 26.3 Å². The van der Waals surface area contributed by atoms with Crippen LogP contribution in [0.5, 0.6) is 0 Å². The van der Waals surface area contributed by atoms with Crippen LogP contribution in [-0.2, 0) is 11.3 Å². The Morgan fingerprint density at radius 2 is 1.83 bits per heavy atom. The molecule has 5 nitrogen and oxygen atoms in total. The van der Waals surface area contributed by atoms with Gasteiger partial charge in [-0.2, -0.15) is 0 Å². The third kappa shape index (κ3) is 4.67. The van der Waals surface area contributed by atoms with E-state index in [0.29, 0.717) is 6.54 Å². The van der Waals surface area contributed by atoms with E-state index in [9.17, 15) is 4.79 Å². The Labute approximate surface area is 178 Å². The summed E-state index contributed by atoms with van der Waals surface area (Å²) in [6, 6.07) is 20.4. The Kier molecular flexibility index (Phi) is 6.07. The molecule has 5 heteroatoms. The monoisotopic (exact) mass is 400 g/mol. The van der Waals surface area contributed by atoms with Gasteiger partial charge in [0.25, 0.3) is 0 Å². The molecule has 0 bridgehead atoms. The van der Waals surface area contributed by atoms with Crippen molar-refractivity contribution in [2.24, 2.45) is 5.92 Å². The predicted octanol–water partition coefficient (Wildman–Crippen LogP) is 4.33. The molecule has 1 aromatic heterocycles. The van der Waals surface area contributed by atoms with Gasteiger partial charge in [0.1, 0.15) is 5.82 Å². The van der Waals surface area contributed by atoms with Crippen molar-refractivity contribution in [1.82, 2.24) is 14.9 Å². The van der Waals surface area contributed by atoms with Crippen LogP contribution in [0.15, 0.2) is 66.9 Å². The number of hydrogen-bond acceptors (Lipinski definition) is 4. The zero-order chi connectivity index (χ0) is 20.9. The first-order valence-corrected chi connectivity index (χ1v) is 10.5. The summed E-state index contributed by atoms with van der Waals surface area (Å²) in [7, 11) is 1.90. The molecule has 2 aromatic carbocycles. The lowest BCUT2D eigenvalue weighted by molar-refractivity contribution is -0.135. The van der Waals surface area contributed by atoms with Crippen molar-refractivity contribution in [2.75, 3.05) is 25.0 Å². The van der Waals surface area contributed by atoms with E-state index in [0.717, 1.165) is 48.7 Å². The summed E-state index contributed by atoms with van der Waals surface area (Å²) in [5.41, 5.74) is 3.39. The molecule has 2 heterocycles. The molecule has 4 rings (SSSR count). The Morgan fingerprint density at radius 3 is 2.57 bits per heavy atom. The van der Waals surface area contributed by atoms with Crippen molar-refractivity contribution in [3.63, 3.8) is 0 Å². The van der Waals surface area contributed by atoms with E-state index < -0.39 is 0 Å². The van der Waals surface area contributed by atoms with Gasteiger partial charge in [0.05, 0.1) is 0 Å². The molecule has 1 saturated heterocycles. The second-order valence-corrected chi connectivity index (χ2v) is 8.05. The molecule has 0 radical (unpaired) electrons. The molecule has 0 saturated carbocycles. The lowest BCUT2D eigenvalue weighted by Gasteiger charge is -2.34. The molecular formula is C25H28N4O. The van der Waals surface area contributed by atoms with Crippen molar-refractivity contribution in [3.05, 3.63) is 78.0 Å². The molecule has 30 heavy (non-hydrogen) atoms. The molecule has 0 atom stereocenters. The first kappa shape index (κ1) is 20.1. The summed E-state index contributed by atoms with van der Waals surface area (Å²) in [5, 5.41) is 0. The highest BCUT2D eigenvalue weighted by atomic mass is 16.2. The number of anilines is 1. The second-order valence-electron chi connectivity index (χ2n) is 8.05. The SMILES string of the molecule is Cc1cccc(-c2nccc(N3CCC(C(=O)N(C)Cc4ccccc4)CC3)n2)c1. The van der Waals surface area contributed by atoms with Crippen LogP contribution in [-0.4, -0.2) is 40.9 Å². The van der Waals surface area contributed by atoms with Gasteiger partial charge in [-0.15, -0.1) is 0 Å². The van der Waals surface area contributed by atoms with Crippen molar-refractivity contribution >= 4 is 11.7 Å². The van der Waals surface area contributed by atoms with Gasteiger partial charge >= 0.3 is 0 Å². The topological polar surface area (TPSA) is 49.3 Å². The molecular weight excluding hydrogens is 372 g/mol. The van der Waals surface area contributed by atoms with E-state index in [2.05, 4.69) is 41.1 Å². The van der Waals surface area contributed by atoms with Gasteiger partial charge in [-0.1, -0.05) is 54.1 Å². The molecule has 0 aliphatic carbocycles. The zero-order valence-corrected chi connectivity index (χ0v) is 17.7. The fourth-order valence-corrected chi connectivity index (χ4v) is 4.05. The maximum absolute atomic E-state index is 12.9. The molecule has 0 unspecified atom stereocenters. The number of aromatic nitrogens is 2. The number of amides is 1. The van der Waals surface area contributed by atoms with E-state index in [-0.39, 0.29) is 11.8 Å². The Hall–Kier alpha value is -3.21. The van der Waals surface area contributed by atoms with Gasteiger partial charge < -0.3 is 9.80 Å². The van der Waals surface area contributed by atoms with E-state index in [1.807, 2.05) is 54.5 Å². The summed E-state index contributed by atoms with van der Waals surface area (Å²) < 4.78 is 0. The summed E-state index contributed by atoms with van der Waals surface area (Å²) in [6.45, 7) is 4.40. The predicted molar refractivity (Wildman–Crippen MR) is 120 cm³/mol. The summed E-state index contributed by atoms with van der Waals surface area (Å²) in [5.74, 6) is 2.00. The fourth-order valence-electron chi connectivity index (χ4n) is 4.05. The minimum absolute atomic E-state index is 0.0769. The third-order valence-electron chi connectivity index (χ3n) is 5.72. The van der Waals surface area contributed by atoms with Crippen LogP contribution in [0.1, 0.15) is 24.0 Å². The van der Waals surface area contributed by atoms with Crippen molar-refractivity contribution in [3.8, 4) is 11.4 Å². The van der Waals surface area contributed by atoms with Gasteiger partial charge in [0, 0.05) is 44.4 Å².